The number of alkyl carbamates (subject to hydrolysis) is 1. The molecular weight excluding hydrogens is 647 g/mol. The summed E-state index contributed by atoms with van der Waals surface area (Å²) in [6, 6.07) is 15.2. The zero-order valence-electron chi connectivity index (χ0n) is 32.4. The van der Waals surface area contributed by atoms with E-state index in [-0.39, 0.29) is 29.6 Å². The van der Waals surface area contributed by atoms with Crippen molar-refractivity contribution in [3.05, 3.63) is 59.7 Å². The Balaban J connectivity index is 0.971. The Hall–Kier alpha value is -3.15. The number of aliphatic carboxylic acids is 1. The first kappa shape index (κ1) is 37.2. The summed E-state index contributed by atoms with van der Waals surface area (Å²) in [5.41, 5.74) is 5.18. The second kappa shape index (κ2) is 14.9. The highest BCUT2D eigenvalue weighted by Gasteiger charge is 2.61. The Morgan fingerprint density at radius 1 is 0.827 bits per heavy atom. The van der Waals surface area contributed by atoms with E-state index in [2.05, 4.69) is 64.2 Å². The van der Waals surface area contributed by atoms with E-state index in [0.717, 1.165) is 77.5 Å². The lowest BCUT2D eigenvalue weighted by Gasteiger charge is -2.61. The van der Waals surface area contributed by atoms with Gasteiger partial charge in [0.2, 0.25) is 0 Å². The fourth-order valence-corrected chi connectivity index (χ4v) is 13.0. The van der Waals surface area contributed by atoms with E-state index in [1.807, 2.05) is 24.3 Å². The third-order valence-corrected chi connectivity index (χ3v) is 15.6. The molecule has 0 heterocycles. The molecule has 1 amide bonds. The molecule has 4 fully saturated rings. The number of carbonyl (C=O) groups is 3. The Bertz CT molecular complexity index is 1590. The standard InChI is InChI=1S/C46H63NO5/c1-28(2)11-10-12-29(3)38-19-20-39-36-18-17-31-25-30(21-23-45(31,4)40(36)22-24-46(38,39)5)43(50)41(26-42(48)49)47-44(51)52-27-37-34-15-8-6-13-32(34)33-14-7-9-16-35(33)37/h6-9,13-16,28-31,36-41H,10-12,17-27H2,1-5H3,(H,47,51)(H,48,49)/t29-,30?,31?,36?,38-,39?,40?,41+,45+,46-/m1/s1. The number of rotatable bonds is 12. The topological polar surface area (TPSA) is 92.7 Å². The normalized spacial score (nSPS) is 33.2. The quantitative estimate of drug-likeness (QED) is 0.229. The first-order valence-electron chi connectivity index (χ1n) is 20.8. The van der Waals surface area contributed by atoms with Crippen LogP contribution in [-0.4, -0.2) is 35.6 Å². The van der Waals surface area contributed by atoms with E-state index in [9.17, 15) is 19.5 Å². The Morgan fingerprint density at radius 2 is 1.48 bits per heavy atom. The number of fused-ring (bicyclic) bond motifs is 8. The molecule has 0 spiro atoms. The first-order chi connectivity index (χ1) is 24.9. The minimum atomic E-state index is -1.09. The van der Waals surface area contributed by atoms with Gasteiger partial charge in [0.05, 0.1) is 6.42 Å². The number of carbonyl (C=O) groups excluding carboxylic acids is 2. The highest BCUT2D eigenvalue weighted by atomic mass is 16.5. The lowest BCUT2D eigenvalue weighted by Crippen LogP contribution is -2.55. The smallest absolute Gasteiger partial charge is 0.407 e. The van der Waals surface area contributed by atoms with E-state index in [4.69, 9.17) is 4.74 Å². The number of ether oxygens (including phenoxy) is 1. The van der Waals surface area contributed by atoms with Gasteiger partial charge in [0.15, 0.2) is 5.78 Å². The molecule has 282 valence electrons. The summed E-state index contributed by atoms with van der Waals surface area (Å²) >= 11 is 0. The lowest BCUT2D eigenvalue weighted by atomic mass is 9.43. The first-order valence-corrected chi connectivity index (χ1v) is 20.8. The number of nitrogens with one attached hydrogen (secondary N) is 1. The molecule has 4 saturated carbocycles. The SMILES string of the molecule is CC(C)CCC[C@@H](C)[C@H]1CCC2C3CCC4CC(C(=O)[C@H](CC(=O)O)NC(=O)OCC5c6ccccc6-c6ccccc65)CC[C@]4(C)C3CC[C@@]21C. The molecule has 0 aliphatic heterocycles. The number of Topliss-reactive ketones (excluding diaryl/α,β-unsaturated/α-hetero) is 1. The molecule has 10 atom stereocenters. The van der Waals surface area contributed by atoms with Gasteiger partial charge in [0, 0.05) is 11.8 Å². The monoisotopic (exact) mass is 709 g/mol. The zero-order valence-corrected chi connectivity index (χ0v) is 32.4. The summed E-state index contributed by atoms with van der Waals surface area (Å²) in [4.78, 5) is 39.3. The highest BCUT2D eigenvalue weighted by molar-refractivity contribution is 5.92. The molecule has 2 N–H and O–H groups in total. The van der Waals surface area contributed by atoms with Gasteiger partial charge in [0.1, 0.15) is 12.6 Å². The van der Waals surface area contributed by atoms with Crippen LogP contribution in [0.1, 0.15) is 135 Å². The van der Waals surface area contributed by atoms with Crippen LogP contribution in [0, 0.1) is 58.2 Å². The predicted octanol–water partition coefficient (Wildman–Crippen LogP) is 10.7. The molecule has 7 rings (SSSR count). The third-order valence-electron chi connectivity index (χ3n) is 15.6. The molecule has 6 heteroatoms. The van der Waals surface area contributed by atoms with Crippen molar-refractivity contribution in [2.24, 2.45) is 58.2 Å². The Kier molecular flexibility index (Phi) is 10.7. The molecule has 6 nitrogen and oxygen atoms in total. The zero-order chi connectivity index (χ0) is 36.8. The van der Waals surface area contributed by atoms with Crippen molar-refractivity contribution in [1.29, 1.82) is 0 Å². The third kappa shape index (κ3) is 6.86. The molecule has 0 radical (unpaired) electrons. The maximum atomic E-state index is 14.1. The molecular formula is C46H63NO5. The van der Waals surface area contributed by atoms with Crippen LogP contribution >= 0.6 is 0 Å². The van der Waals surface area contributed by atoms with Gasteiger partial charge in [-0.2, -0.15) is 0 Å². The van der Waals surface area contributed by atoms with Crippen LogP contribution in [0.2, 0.25) is 0 Å². The van der Waals surface area contributed by atoms with Crippen molar-refractivity contribution in [1.82, 2.24) is 5.32 Å². The fraction of sp³-hybridized carbons (Fsp3) is 0.674. The number of carboxylic acid groups (broad SMARTS) is 1. The number of carboxylic acids is 1. The van der Waals surface area contributed by atoms with E-state index in [1.165, 1.54) is 51.4 Å². The number of ketones is 1. The van der Waals surface area contributed by atoms with Crippen molar-refractivity contribution in [3.8, 4) is 11.1 Å². The maximum absolute atomic E-state index is 14.1. The number of hydrogen-bond donors (Lipinski definition) is 2. The minimum absolute atomic E-state index is 0.108. The molecule has 2 aromatic carbocycles. The second-order valence-corrected chi connectivity index (χ2v) is 18.7. The molecule has 0 saturated heterocycles. The van der Waals surface area contributed by atoms with E-state index >= 15 is 0 Å². The van der Waals surface area contributed by atoms with Gasteiger partial charge in [-0.3, -0.25) is 9.59 Å². The van der Waals surface area contributed by atoms with Crippen molar-refractivity contribution in [2.75, 3.05) is 6.61 Å². The van der Waals surface area contributed by atoms with Gasteiger partial charge >= 0.3 is 12.1 Å². The van der Waals surface area contributed by atoms with Crippen LogP contribution in [0.5, 0.6) is 0 Å². The van der Waals surface area contributed by atoms with Crippen LogP contribution in [0.25, 0.3) is 11.1 Å². The highest BCUT2D eigenvalue weighted by Crippen LogP contribution is 2.68. The summed E-state index contributed by atoms with van der Waals surface area (Å²) in [6.45, 7) is 12.5. The fourth-order valence-electron chi connectivity index (χ4n) is 13.0. The summed E-state index contributed by atoms with van der Waals surface area (Å²) < 4.78 is 5.75. The molecule has 5 unspecified atom stereocenters. The van der Waals surface area contributed by atoms with Crippen LogP contribution in [-0.2, 0) is 14.3 Å². The van der Waals surface area contributed by atoms with Gasteiger partial charge in [-0.1, -0.05) is 102 Å². The van der Waals surface area contributed by atoms with E-state index < -0.39 is 24.5 Å². The summed E-state index contributed by atoms with van der Waals surface area (Å²) in [5.74, 6) is 3.66. The summed E-state index contributed by atoms with van der Waals surface area (Å²) in [6.07, 6.45) is 13.4. The Morgan fingerprint density at radius 3 is 2.15 bits per heavy atom. The molecule has 5 aliphatic carbocycles. The van der Waals surface area contributed by atoms with Crippen molar-refractivity contribution >= 4 is 17.8 Å². The lowest BCUT2D eigenvalue weighted by molar-refractivity contribution is -0.144. The number of hydrogen-bond acceptors (Lipinski definition) is 4. The second-order valence-electron chi connectivity index (χ2n) is 18.7. The van der Waals surface area contributed by atoms with Gasteiger partial charge in [-0.05, 0) is 132 Å². The average molecular weight is 710 g/mol. The average Bonchev–Trinajstić information content (AvgIpc) is 3.64. The van der Waals surface area contributed by atoms with Crippen LogP contribution < -0.4 is 5.32 Å². The molecule has 2 aromatic rings. The summed E-state index contributed by atoms with van der Waals surface area (Å²) in [7, 11) is 0. The van der Waals surface area contributed by atoms with Crippen LogP contribution in [0.15, 0.2) is 48.5 Å². The van der Waals surface area contributed by atoms with Crippen molar-refractivity contribution in [3.63, 3.8) is 0 Å². The van der Waals surface area contributed by atoms with Crippen molar-refractivity contribution < 1.29 is 24.2 Å². The van der Waals surface area contributed by atoms with E-state index in [1.54, 1.807) is 0 Å². The number of benzene rings is 2. The Labute approximate surface area is 312 Å². The van der Waals surface area contributed by atoms with Gasteiger partial charge in [-0.25, -0.2) is 4.79 Å². The van der Waals surface area contributed by atoms with Gasteiger partial charge in [0.25, 0.3) is 0 Å². The molecule has 0 aromatic heterocycles. The molecule has 5 aliphatic rings. The van der Waals surface area contributed by atoms with Crippen LogP contribution in [0.4, 0.5) is 4.79 Å². The molecule has 0 bridgehead atoms. The maximum Gasteiger partial charge on any atom is 0.407 e. The van der Waals surface area contributed by atoms with Crippen LogP contribution in [0.3, 0.4) is 0 Å². The molecule has 52 heavy (non-hydrogen) atoms. The van der Waals surface area contributed by atoms with Crippen molar-refractivity contribution in [2.45, 2.75) is 130 Å². The largest absolute Gasteiger partial charge is 0.481 e. The predicted molar refractivity (Wildman–Crippen MR) is 206 cm³/mol. The summed E-state index contributed by atoms with van der Waals surface area (Å²) in [5, 5.41) is 12.5. The minimum Gasteiger partial charge on any atom is -0.481 e. The number of amides is 1. The van der Waals surface area contributed by atoms with E-state index in [0.29, 0.717) is 17.3 Å². The van der Waals surface area contributed by atoms with Gasteiger partial charge < -0.3 is 15.2 Å². The van der Waals surface area contributed by atoms with Gasteiger partial charge in [-0.15, -0.1) is 0 Å².